The zero-order valence-corrected chi connectivity index (χ0v) is 39.4. The van der Waals surface area contributed by atoms with E-state index in [2.05, 4.69) is 76.2 Å². The van der Waals surface area contributed by atoms with Gasteiger partial charge in [-0.2, -0.15) is 0 Å². The Bertz CT molecular complexity index is 1570. The van der Waals surface area contributed by atoms with Crippen LogP contribution in [0.1, 0.15) is 230 Å². The van der Waals surface area contributed by atoms with Crippen molar-refractivity contribution in [2.24, 2.45) is 0 Å². The van der Waals surface area contributed by atoms with Crippen molar-refractivity contribution in [1.29, 1.82) is 0 Å². The first-order valence-corrected chi connectivity index (χ1v) is 26.5. The minimum Gasteiger partial charge on any atom is -0.404 e. The Labute approximate surface area is 363 Å². The molecule has 0 unspecified atom stereocenters. The summed E-state index contributed by atoms with van der Waals surface area (Å²) in [5.74, 6) is 0.385. The lowest BCUT2D eigenvalue weighted by Gasteiger charge is -2.26. The lowest BCUT2D eigenvalue weighted by molar-refractivity contribution is 0.282. The number of phosphoric ester groups is 1. The first-order valence-electron chi connectivity index (χ1n) is 24.9. The summed E-state index contributed by atoms with van der Waals surface area (Å²) in [6.07, 6.45) is 38.4. The van der Waals surface area contributed by atoms with Crippen LogP contribution in [-0.4, -0.2) is 9.79 Å². The molecule has 0 saturated carbocycles. The Morgan fingerprint density at radius 2 is 0.746 bits per heavy atom. The van der Waals surface area contributed by atoms with Gasteiger partial charge in [-0.15, -0.1) is 0 Å². The first-order chi connectivity index (χ1) is 28.8. The van der Waals surface area contributed by atoms with E-state index in [1.54, 1.807) is 0 Å². The molecule has 0 saturated heterocycles. The second-order valence-corrected chi connectivity index (χ2v) is 18.8. The average Bonchev–Trinajstić information content (AvgIpc) is 3.22. The second kappa shape index (κ2) is 31.5. The van der Waals surface area contributed by atoms with E-state index in [0.29, 0.717) is 5.75 Å². The van der Waals surface area contributed by atoms with E-state index in [0.717, 1.165) is 68.9 Å². The van der Waals surface area contributed by atoms with Gasteiger partial charge in [0.2, 0.25) is 0 Å². The maximum absolute atomic E-state index is 12.8. The van der Waals surface area contributed by atoms with Gasteiger partial charge in [0.05, 0.1) is 0 Å². The minimum absolute atomic E-state index is 0.385. The van der Waals surface area contributed by atoms with Crippen molar-refractivity contribution in [3.05, 3.63) is 76.9 Å². The smallest absolute Gasteiger partial charge is 0.404 e. The molecule has 332 valence electrons. The third-order valence-electron chi connectivity index (χ3n) is 12.5. The minimum atomic E-state index is -4.82. The van der Waals surface area contributed by atoms with Crippen LogP contribution in [-0.2, 0) is 30.2 Å². The summed E-state index contributed by atoms with van der Waals surface area (Å²) >= 11 is 0. The summed E-state index contributed by atoms with van der Waals surface area (Å²) in [5, 5.41) is 0. The fourth-order valence-corrected chi connectivity index (χ4v) is 9.50. The van der Waals surface area contributed by atoms with Gasteiger partial charge in [-0.25, -0.2) is 4.57 Å². The van der Waals surface area contributed by atoms with E-state index in [4.69, 9.17) is 4.52 Å². The van der Waals surface area contributed by atoms with E-state index < -0.39 is 7.82 Å². The summed E-state index contributed by atoms with van der Waals surface area (Å²) in [7, 11) is -4.82. The molecule has 3 aromatic rings. The molecule has 0 aliphatic carbocycles. The maximum atomic E-state index is 12.8. The van der Waals surface area contributed by atoms with Crippen molar-refractivity contribution in [1.82, 2.24) is 0 Å². The molecule has 59 heavy (non-hydrogen) atoms. The van der Waals surface area contributed by atoms with E-state index >= 15 is 0 Å². The summed E-state index contributed by atoms with van der Waals surface area (Å²) in [5.41, 5.74) is 9.79. The van der Waals surface area contributed by atoms with Gasteiger partial charge >= 0.3 is 7.82 Å². The van der Waals surface area contributed by atoms with E-state index in [1.165, 1.54) is 181 Å². The molecule has 0 radical (unpaired) electrons. The number of aryl methyl sites for hydroxylation is 2. The number of benzene rings is 3. The molecular formula is C54H87O4P. The highest BCUT2D eigenvalue weighted by atomic mass is 31.2. The predicted molar refractivity (Wildman–Crippen MR) is 257 cm³/mol. The van der Waals surface area contributed by atoms with Crippen LogP contribution in [0.4, 0.5) is 0 Å². The summed E-state index contributed by atoms with van der Waals surface area (Å²) < 4.78 is 18.6. The highest BCUT2D eigenvalue weighted by Crippen LogP contribution is 2.48. The van der Waals surface area contributed by atoms with E-state index in [9.17, 15) is 14.4 Å². The molecule has 0 aliphatic rings. The number of unbranched alkanes of at least 4 members (excludes halogenated alkanes) is 24. The molecule has 0 fully saturated rings. The zero-order chi connectivity index (χ0) is 42.4. The van der Waals surface area contributed by atoms with Crippen molar-refractivity contribution >= 4 is 7.82 Å². The first kappa shape index (κ1) is 51.0. The maximum Gasteiger partial charge on any atom is 0.524 e. The Balaban J connectivity index is 2.18. The van der Waals surface area contributed by atoms with Crippen LogP contribution in [0.2, 0.25) is 0 Å². The molecule has 3 aromatic carbocycles. The molecule has 0 spiro atoms. The Morgan fingerprint density at radius 1 is 0.407 bits per heavy atom. The Morgan fingerprint density at radius 3 is 1.17 bits per heavy atom. The van der Waals surface area contributed by atoms with Gasteiger partial charge in [0, 0.05) is 0 Å². The predicted octanol–water partition coefficient (Wildman–Crippen LogP) is 17.7. The third-order valence-corrected chi connectivity index (χ3v) is 12.9. The molecule has 0 bridgehead atoms. The van der Waals surface area contributed by atoms with Crippen LogP contribution < -0.4 is 4.52 Å². The summed E-state index contributed by atoms with van der Waals surface area (Å²) in [6, 6.07) is 20.0. The Hall–Kier alpha value is -2.39. The molecule has 0 amide bonds. The molecule has 2 N–H and O–H groups in total. The molecule has 0 atom stereocenters. The van der Waals surface area contributed by atoms with Gasteiger partial charge in [0.1, 0.15) is 5.75 Å². The fraction of sp³-hybridized carbons (Fsp3) is 0.667. The van der Waals surface area contributed by atoms with E-state index in [1.807, 2.05) is 6.07 Å². The lowest BCUT2D eigenvalue weighted by atomic mass is 9.80. The zero-order valence-electron chi connectivity index (χ0n) is 38.5. The fourth-order valence-electron chi connectivity index (χ4n) is 9.08. The highest BCUT2D eigenvalue weighted by Gasteiger charge is 2.27. The van der Waals surface area contributed by atoms with Gasteiger partial charge in [-0.3, -0.25) is 9.79 Å². The van der Waals surface area contributed by atoms with Gasteiger partial charge in [-0.1, -0.05) is 230 Å². The normalized spacial score (nSPS) is 11.8. The monoisotopic (exact) mass is 831 g/mol. The average molecular weight is 831 g/mol. The number of rotatable bonds is 36. The summed E-state index contributed by atoms with van der Waals surface area (Å²) in [6.45, 7) is 9.10. The molecule has 5 heteroatoms. The van der Waals surface area contributed by atoms with Crippen LogP contribution in [0.15, 0.2) is 54.6 Å². The van der Waals surface area contributed by atoms with Gasteiger partial charge < -0.3 is 4.52 Å². The van der Waals surface area contributed by atoms with Crippen molar-refractivity contribution in [3.63, 3.8) is 0 Å². The molecule has 4 nitrogen and oxygen atoms in total. The van der Waals surface area contributed by atoms with Crippen molar-refractivity contribution in [3.8, 4) is 28.0 Å². The largest absolute Gasteiger partial charge is 0.524 e. The van der Waals surface area contributed by atoms with Crippen molar-refractivity contribution in [2.75, 3.05) is 0 Å². The number of hydrogen-bond acceptors (Lipinski definition) is 2. The SMILES string of the molecule is CCCCCCCCCc1ccccc1-c1cc(OP(=O)(O)O)c(CCCCCCCCC)c(CCCCCCCCC)c1-c1ccccc1CCCCCCCCC. The molecule has 3 rings (SSSR count). The van der Waals surface area contributed by atoms with Crippen LogP contribution in [0.25, 0.3) is 22.3 Å². The standard InChI is InChI=1S/C54H87O4P/c1-5-9-13-17-21-25-29-37-46-39-33-35-41-48(46)52-45-53(58-59(55,56)57)50(43-31-27-23-19-15-11-7-3)51(44-32-28-24-20-16-12-8-4)54(52)49-42-36-34-40-47(49)38-30-26-22-18-14-10-6-2/h33-36,39-42,45H,5-32,37-38,43-44H2,1-4H3,(H2,55,56,57). The van der Waals surface area contributed by atoms with Crippen LogP contribution >= 0.6 is 7.82 Å². The highest BCUT2D eigenvalue weighted by molar-refractivity contribution is 7.46. The number of phosphoric acid groups is 1. The van der Waals surface area contributed by atoms with E-state index in [-0.39, 0.29) is 0 Å². The quantitative estimate of drug-likeness (QED) is 0.0452. The second-order valence-electron chi connectivity index (χ2n) is 17.6. The van der Waals surface area contributed by atoms with Gasteiger partial charge in [0.25, 0.3) is 0 Å². The van der Waals surface area contributed by atoms with Crippen LogP contribution in [0, 0.1) is 0 Å². The molecule has 0 heterocycles. The van der Waals surface area contributed by atoms with Crippen molar-refractivity contribution < 1.29 is 18.9 Å². The summed E-state index contributed by atoms with van der Waals surface area (Å²) in [4.78, 5) is 20.9. The van der Waals surface area contributed by atoms with Crippen molar-refractivity contribution in [2.45, 2.75) is 233 Å². The third kappa shape index (κ3) is 20.4. The molecular weight excluding hydrogens is 744 g/mol. The van der Waals surface area contributed by atoms with Crippen LogP contribution in [0.3, 0.4) is 0 Å². The molecule has 0 aliphatic heterocycles. The van der Waals surface area contributed by atoms with Crippen LogP contribution in [0.5, 0.6) is 5.75 Å². The van der Waals surface area contributed by atoms with Gasteiger partial charge in [-0.05, 0) is 102 Å². The Kier molecular flexibility index (Phi) is 27.2. The molecule has 0 aromatic heterocycles. The lowest BCUT2D eigenvalue weighted by Crippen LogP contribution is -2.07. The topological polar surface area (TPSA) is 66.8 Å². The number of hydrogen-bond donors (Lipinski definition) is 2. The van der Waals surface area contributed by atoms with Gasteiger partial charge in [0.15, 0.2) is 0 Å².